The predicted octanol–water partition coefficient (Wildman–Crippen LogP) is 2.70. The van der Waals surface area contributed by atoms with Crippen molar-refractivity contribution in [3.63, 3.8) is 0 Å². The second-order valence-corrected chi connectivity index (χ2v) is 3.26. The number of ether oxygens (including phenoxy) is 1. The molecule has 0 amide bonds. The molecule has 1 aromatic heterocycles. The zero-order valence-corrected chi connectivity index (χ0v) is 9.04. The molecule has 1 heterocycles. The average Bonchev–Trinajstić information content (AvgIpc) is 2.72. The molecule has 0 unspecified atom stereocenters. The van der Waals surface area contributed by atoms with Crippen molar-refractivity contribution >= 4 is 5.78 Å². The summed E-state index contributed by atoms with van der Waals surface area (Å²) in [5.74, 6) is 0.767. The van der Waals surface area contributed by atoms with Crippen molar-refractivity contribution in [2.75, 3.05) is 13.2 Å². The lowest BCUT2D eigenvalue weighted by atomic mass is 10.2. The van der Waals surface area contributed by atoms with Crippen LogP contribution in [0.1, 0.15) is 29.7 Å². The van der Waals surface area contributed by atoms with Crippen molar-refractivity contribution in [1.82, 2.24) is 0 Å². The number of alkyl halides is 2. The highest BCUT2D eigenvalue weighted by Gasteiger charge is 2.11. The Bertz CT molecular complexity index is 334. The van der Waals surface area contributed by atoms with Gasteiger partial charge in [0.2, 0.25) is 0 Å². The molecule has 0 aliphatic heterocycles. The van der Waals surface area contributed by atoms with Crippen LogP contribution < -0.4 is 0 Å². The van der Waals surface area contributed by atoms with E-state index in [0.29, 0.717) is 0 Å². The zero-order chi connectivity index (χ0) is 12.0. The van der Waals surface area contributed by atoms with Crippen molar-refractivity contribution < 1.29 is 22.7 Å². The number of ketones is 1. The largest absolute Gasteiger partial charge is 0.458 e. The van der Waals surface area contributed by atoms with E-state index in [2.05, 4.69) is 4.74 Å². The van der Waals surface area contributed by atoms with Gasteiger partial charge < -0.3 is 9.15 Å². The fraction of sp³-hybridized carbons (Fsp3) is 0.545. The molecule has 0 aromatic carbocycles. The summed E-state index contributed by atoms with van der Waals surface area (Å²) in [6.07, 6.45) is -1.72. The number of hydrogen-bond acceptors (Lipinski definition) is 3. The lowest BCUT2D eigenvalue weighted by molar-refractivity contribution is 0.0167. The summed E-state index contributed by atoms with van der Waals surface area (Å²) in [5, 5.41) is 0. The molecule has 5 heteroatoms. The Morgan fingerprint density at radius 2 is 2.25 bits per heavy atom. The van der Waals surface area contributed by atoms with Crippen LogP contribution in [-0.2, 0) is 11.2 Å². The van der Waals surface area contributed by atoms with Crippen LogP contribution in [0.25, 0.3) is 0 Å². The number of furan rings is 1. The van der Waals surface area contributed by atoms with Crippen LogP contribution in [0.2, 0.25) is 0 Å². The third-order valence-corrected chi connectivity index (χ3v) is 2.00. The SMILES string of the molecule is CCc1ccc(C(=O)CCOCC(F)F)o1. The molecule has 0 fully saturated rings. The van der Waals surface area contributed by atoms with Gasteiger partial charge in [-0.3, -0.25) is 4.79 Å². The molecule has 0 spiro atoms. The molecule has 0 saturated carbocycles. The quantitative estimate of drug-likeness (QED) is 0.536. The van der Waals surface area contributed by atoms with Gasteiger partial charge in [-0.25, -0.2) is 8.78 Å². The first-order valence-corrected chi connectivity index (χ1v) is 5.11. The van der Waals surface area contributed by atoms with E-state index in [1.165, 1.54) is 0 Å². The molecule has 16 heavy (non-hydrogen) atoms. The van der Waals surface area contributed by atoms with Gasteiger partial charge in [-0.2, -0.15) is 0 Å². The molecule has 0 aliphatic rings. The first kappa shape index (κ1) is 12.8. The smallest absolute Gasteiger partial charge is 0.261 e. The van der Waals surface area contributed by atoms with Crippen molar-refractivity contribution in [3.05, 3.63) is 23.7 Å². The Labute approximate surface area is 92.4 Å². The zero-order valence-electron chi connectivity index (χ0n) is 9.04. The maximum Gasteiger partial charge on any atom is 0.261 e. The first-order chi connectivity index (χ1) is 7.63. The van der Waals surface area contributed by atoms with Crippen LogP contribution in [-0.4, -0.2) is 25.4 Å². The van der Waals surface area contributed by atoms with Crippen LogP contribution in [0, 0.1) is 0 Å². The van der Waals surface area contributed by atoms with Gasteiger partial charge in [0.1, 0.15) is 12.4 Å². The Morgan fingerprint density at radius 3 is 2.81 bits per heavy atom. The number of hydrogen-bond donors (Lipinski definition) is 0. The van der Waals surface area contributed by atoms with E-state index < -0.39 is 13.0 Å². The minimum Gasteiger partial charge on any atom is -0.458 e. The number of aryl methyl sites for hydroxylation is 1. The van der Waals surface area contributed by atoms with Crippen LogP contribution in [0.15, 0.2) is 16.5 Å². The molecule has 1 aromatic rings. The van der Waals surface area contributed by atoms with Crippen molar-refractivity contribution in [3.8, 4) is 0 Å². The van der Waals surface area contributed by atoms with Crippen LogP contribution >= 0.6 is 0 Å². The fourth-order valence-corrected chi connectivity index (χ4v) is 1.18. The summed E-state index contributed by atoms with van der Waals surface area (Å²) in [6, 6.07) is 3.32. The molecular weight excluding hydrogens is 218 g/mol. The molecular formula is C11H14F2O3. The van der Waals surface area contributed by atoms with E-state index in [9.17, 15) is 13.6 Å². The lowest BCUT2D eigenvalue weighted by Gasteiger charge is -2.01. The third-order valence-electron chi connectivity index (χ3n) is 2.00. The molecule has 0 N–H and O–H groups in total. The van der Waals surface area contributed by atoms with Gasteiger partial charge in [0.05, 0.1) is 6.61 Å². The highest BCUT2D eigenvalue weighted by atomic mass is 19.3. The number of carbonyl (C=O) groups is 1. The lowest BCUT2D eigenvalue weighted by Crippen LogP contribution is -2.09. The van der Waals surface area contributed by atoms with E-state index >= 15 is 0 Å². The Balaban J connectivity index is 2.29. The van der Waals surface area contributed by atoms with Crippen LogP contribution in [0.5, 0.6) is 0 Å². The summed E-state index contributed by atoms with van der Waals surface area (Å²) < 4.78 is 33.2. The van der Waals surface area contributed by atoms with Crippen molar-refractivity contribution in [2.45, 2.75) is 26.2 Å². The standard InChI is InChI=1S/C11H14F2O3/c1-2-8-3-4-10(16-8)9(14)5-6-15-7-11(12)13/h3-4,11H,2,5-7H2,1H3. The summed E-state index contributed by atoms with van der Waals surface area (Å²) in [5.41, 5.74) is 0. The maximum atomic E-state index is 11.7. The second kappa shape index (κ2) is 6.37. The minimum absolute atomic E-state index is 0.00860. The van der Waals surface area contributed by atoms with Gasteiger partial charge in [-0.15, -0.1) is 0 Å². The molecule has 3 nitrogen and oxygen atoms in total. The normalized spacial score (nSPS) is 11.0. The van der Waals surface area contributed by atoms with Crippen molar-refractivity contribution in [1.29, 1.82) is 0 Å². The van der Waals surface area contributed by atoms with E-state index in [1.807, 2.05) is 6.92 Å². The van der Waals surface area contributed by atoms with E-state index in [-0.39, 0.29) is 24.6 Å². The van der Waals surface area contributed by atoms with Gasteiger partial charge in [0.15, 0.2) is 11.5 Å². The number of rotatable bonds is 7. The number of halogens is 2. The third kappa shape index (κ3) is 4.10. The van der Waals surface area contributed by atoms with Crippen LogP contribution in [0.4, 0.5) is 8.78 Å². The minimum atomic E-state index is -2.49. The first-order valence-electron chi connectivity index (χ1n) is 5.11. The summed E-state index contributed by atoms with van der Waals surface area (Å²) in [6.45, 7) is 1.27. The van der Waals surface area contributed by atoms with Gasteiger partial charge in [0, 0.05) is 12.8 Å². The topological polar surface area (TPSA) is 39.4 Å². The Morgan fingerprint density at radius 1 is 1.50 bits per heavy atom. The van der Waals surface area contributed by atoms with Crippen LogP contribution in [0.3, 0.4) is 0 Å². The fourth-order valence-electron chi connectivity index (χ4n) is 1.18. The van der Waals surface area contributed by atoms with Gasteiger partial charge in [0.25, 0.3) is 6.43 Å². The molecule has 0 aliphatic carbocycles. The molecule has 90 valence electrons. The second-order valence-electron chi connectivity index (χ2n) is 3.26. The predicted molar refractivity (Wildman–Crippen MR) is 53.9 cm³/mol. The highest BCUT2D eigenvalue weighted by Crippen LogP contribution is 2.10. The molecule has 1 rings (SSSR count). The van der Waals surface area contributed by atoms with Gasteiger partial charge >= 0.3 is 0 Å². The molecule has 0 radical (unpaired) electrons. The van der Waals surface area contributed by atoms with E-state index in [1.54, 1.807) is 12.1 Å². The molecule has 0 bridgehead atoms. The summed E-state index contributed by atoms with van der Waals surface area (Å²) >= 11 is 0. The Kier molecular flexibility index (Phi) is 5.11. The van der Waals surface area contributed by atoms with E-state index in [0.717, 1.165) is 12.2 Å². The molecule has 0 atom stereocenters. The monoisotopic (exact) mass is 232 g/mol. The average molecular weight is 232 g/mol. The summed E-state index contributed by atoms with van der Waals surface area (Å²) in [4.78, 5) is 11.5. The van der Waals surface area contributed by atoms with Crippen molar-refractivity contribution in [2.24, 2.45) is 0 Å². The number of carbonyl (C=O) groups excluding carboxylic acids is 1. The van der Waals surface area contributed by atoms with E-state index in [4.69, 9.17) is 4.42 Å². The van der Waals surface area contributed by atoms with Gasteiger partial charge in [-0.05, 0) is 12.1 Å². The van der Waals surface area contributed by atoms with Gasteiger partial charge in [-0.1, -0.05) is 6.92 Å². The summed E-state index contributed by atoms with van der Waals surface area (Å²) in [7, 11) is 0. The maximum absolute atomic E-state index is 11.7. The highest BCUT2D eigenvalue weighted by molar-refractivity contribution is 5.93. The molecule has 0 saturated heterocycles. The Hall–Kier alpha value is -1.23. The number of Topliss-reactive ketones (excluding diaryl/α,β-unsaturated/α-hetero) is 1.